The predicted molar refractivity (Wildman–Crippen MR) is 69.6 cm³/mol. The molecule has 4 unspecified atom stereocenters. The number of halogens is 2. The van der Waals surface area contributed by atoms with Gasteiger partial charge in [0.1, 0.15) is 0 Å². The highest BCUT2D eigenvalue weighted by atomic mass is 19.2. The average molecular weight is 266 g/mol. The first kappa shape index (κ1) is 13.0. The highest BCUT2D eigenvalue weighted by molar-refractivity contribution is 5.18. The van der Waals surface area contributed by atoms with Crippen LogP contribution in [-0.2, 0) is 6.42 Å². The number of rotatable bonds is 4. The molecule has 2 saturated carbocycles. The second-order valence-corrected chi connectivity index (χ2v) is 6.28. The van der Waals surface area contributed by atoms with Crippen LogP contribution in [0.25, 0.3) is 0 Å². The number of fused-ring (bicyclic) bond motifs is 2. The first-order chi connectivity index (χ1) is 9.11. The molecule has 1 aromatic rings. The molecule has 2 fully saturated rings. The van der Waals surface area contributed by atoms with Crippen LogP contribution in [0.3, 0.4) is 0 Å². The zero-order valence-corrected chi connectivity index (χ0v) is 11.0. The molecule has 3 rings (SSSR count). The summed E-state index contributed by atoms with van der Waals surface area (Å²) in [5.74, 6) is 0.657. The van der Waals surface area contributed by atoms with Crippen LogP contribution in [0.2, 0.25) is 0 Å². The molecule has 1 nitrogen and oxygen atoms in total. The second kappa shape index (κ2) is 5.20. The Morgan fingerprint density at radius 3 is 2.63 bits per heavy atom. The lowest BCUT2D eigenvalue weighted by Gasteiger charge is -2.24. The third kappa shape index (κ3) is 2.81. The van der Waals surface area contributed by atoms with E-state index in [1.54, 1.807) is 6.07 Å². The lowest BCUT2D eigenvalue weighted by Crippen LogP contribution is -2.20. The molecular formula is C16H20F2O. The molecule has 3 heteroatoms. The Morgan fingerprint density at radius 1 is 1.16 bits per heavy atom. The number of hydrogen-bond acceptors (Lipinski definition) is 1. The van der Waals surface area contributed by atoms with Gasteiger partial charge < -0.3 is 5.11 Å². The molecule has 2 bridgehead atoms. The van der Waals surface area contributed by atoms with Gasteiger partial charge in [-0.1, -0.05) is 12.5 Å². The van der Waals surface area contributed by atoms with Crippen LogP contribution >= 0.6 is 0 Å². The van der Waals surface area contributed by atoms with Crippen molar-refractivity contribution >= 4 is 0 Å². The molecule has 1 aromatic carbocycles. The topological polar surface area (TPSA) is 20.2 Å². The van der Waals surface area contributed by atoms with Gasteiger partial charge in [-0.15, -0.1) is 0 Å². The second-order valence-electron chi connectivity index (χ2n) is 6.28. The lowest BCUT2D eigenvalue weighted by atomic mass is 9.84. The Bertz CT molecular complexity index is 460. The van der Waals surface area contributed by atoms with Gasteiger partial charge in [0.2, 0.25) is 0 Å². The van der Waals surface area contributed by atoms with E-state index in [1.807, 2.05) is 0 Å². The number of aliphatic hydroxyl groups is 1. The maximum atomic E-state index is 13.1. The number of aliphatic hydroxyl groups excluding tert-OH is 1. The standard InChI is InChI=1S/C16H20F2O/c17-15-4-2-11(8-16(15)18)7-14(19)9-13-6-10-1-3-12(13)5-10/h2,4,8,10,12-14,19H,1,3,5-7,9H2. The van der Waals surface area contributed by atoms with Crippen molar-refractivity contribution in [2.24, 2.45) is 17.8 Å². The SMILES string of the molecule is OC(Cc1ccc(F)c(F)c1)CC1CC2CCC1C2. The summed E-state index contributed by atoms with van der Waals surface area (Å²) in [5, 5.41) is 10.1. The fourth-order valence-electron chi connectivity index (χ4n) is 4.04. The van der Waals surface area contributed by atoms with Crippen molar-refractivity contribution < 1.29 is 13.9 Å². The van der Waals surface area contributed by atoms with Gasteiger partial charge in [-0.2, -0.15) is 0 Å². The molecule has 2 aliphatic rings. The van der Waals surface area contributed by atoms with E-state index < -0.39 is 17.7 Å². The van der Waals surface area contributed by atoms with Gasteiger partial charge in [0, 0.05) is 0 Å². The zero-order chi connectivity index (χ0) is 13.4. The minimum atomic E-state index is -0.829. The molecule has 0 amide bonds. The summed E-state index contributed by atoms with van der Waals surface area (Å²) in [6, 6.07) is 3.89. The van der Waals surface area contributed by atoms with Crippen LogP contribution < -0.4 is 0 Å². The normalized spacial score (nSPS) is 30.8. The molecule has 0 heterocycles. The molecule has 0 aliphatic heterocycles. The molecule has 0 spiro atoms. The Kier molecular flexibility index (Phi) is 3.57. The van der Waals surface area contributed by atoms with Gasteiger partial charge in [0.25, 0.3) is 0 Å². The minimum absolute atomic E-state index is 0.422. The van der Waals surface area contributed by atoms with Gasteiger partial charge in [-0.3, -0.25) is 0 Å². The van der Waals surface area contributed by atoms with Crippen LogP contribution in [-0.4, -0.2) is 11.2 Å². The van der Waals surface area contributed by atoms with Crippen molar-refractivity contribution in [2.75, 3.05) is 0 Å². The molecule has 0 radical (unpaired) electrons. The Labute approximate surface area is 112 Å². The van der Waals surface area contributed by atoms with Gasteiger partial charge >= 0.3 is 0 Å². The molecule has 0 saturated heterocycles. The predicted octanol–water partition coefficient (Wildman–Crippen LogP) is 3.69. The van der Waals surface area contributed by atoms with Crippen molar-refractivity contribution in [3.63, 3.8) is 0 Å². The van der Waals surface area contributed by atoms with E-state index in [9.17, 15) is 13.9 Å². The first-order valence-corrected chi connectivity index (χ1v) is 7.24. The van der Waals surface area contributed by atoms with Gasteiger partial charge in [0.15, 0.2) is 11.6 Å². The van der Waals surface area contributed by atoms with Crippen molar-refractivity contribution in [2.45, 2.75) is 44.6 Å². The minimum Gasteiger partial charge on any atom is -0.393 e. The van der Waals surface area contributed by atoms with E-state index in [1.165, 1.54) is 31.7 Å². The van der Waals surface area contributed by atoms with E-state index in [0.29, 0.717) is 17.9 Å². The summed E-state index contributed by atoms with van der Waals surface area (Å²) in [4.78, 5) is 0. The third-order valence-corrected chi connectivity index (χ3v) is 4.91. The Morgan fingerprint density at radius 2 is 2.00 bits per heavy atom. The number of benzene rings is 1. The van der Waals surface area contributed by atoms with Crippen LogP contribution in [0.15, 0.2) is 18.2 Å². The summed E-state index contributed by atoms with van der Waals surface area (Å²) in [6.45, 7) is 0. The lowest BCUT2D eigenvalue weighted by molar-refractivity contribution is 0.124. The van der Waals surface area contributed by atoms with E-state index in [4.69, 9.17) is 0 Å². The molecule has 4 atom stereocenters. The van der Waals surface area contributed by atoms with Gasteiger partial charge in [-0.25, -0.2) is 8.78 Å². The van der Waals surface area contributed by atoms with Crippen molar-refractivity contribution in [3.8, 4) is 0 Å². The van der Waals surface area contributed by atoms with Crippen molar-refractivity contribution in [1.29, 1.82) is 0 Å². The summed E-state index contributed by atoms with van der Waals surface area (Å²) >= 11 is 0. The Hall–Kier alpha value is -0.960. The quantitative estimate of drug-likeness (QED) is 0.881. The van der Waals surface area contributed by atoms with E-state index in [0.717, 1.165) is 24.3 Å². The van der Waals surface area contributed by atoms with Gasteiger partial charge in [0.05, 0.1) is 6.10 Å². The third-order valence-electron chi connectivity index (χ3n) is 4.91. The van der Waals surface area contributed by atoms with E-state index in [2.05, 4.69) is 0 Å². The average Bonchev–Trinajstić information content (AvgIpc) is 2.96. The summed E-state index contributed by atoms with van der Waals surface area (Å²) in [7, 11) is 0. The fourth-order valence-corrected chi connectivity index (χ4v) is 4.04. The van der Waals surface area contributed by atoms with Crippen molar-refractivity contribution in [1.82, 2.24) is 0 Å². The van der Waals surface area contributed by atoms with Crippen LogP contribution in [0.4, 0.5) is 8.78 Å². The zero-order valence-electron chi connectivity index (χ0n) is 11.0. The monoisotopic (exact) mass is 266 g/mol. The molecular weight excluding hydrogens is 246 g/mol. The maximum Gasteiger partial charge on any atom is 0.159 e. The molecule has 1 N–H and O–H groups in total. The fraction of sp³-hybridized carbons (Fsp3) is 0.625. The van der Waals surface area contributed by atoms with Crippen molar-refractivity contribution in [3.05, 3.63) is 35.4 Å². The van der Waals surface area contributed by atoms with Crippen LogP contribution in [0, 0.1) is 29.4 Å². The molecule has 0 aromatic heterocycles. The summed E-state index contributed by atoms with van der Waals surface area (Å²) < 4.78 is 25.9. The molecule has 19 heavy (non-hydrogen) atoms. The van der Waals surface area contributed by atoms with Crippen LogP contribution in [0.1, 0.15) is 37.7 Å². The Balaban J connectivity index is 1.56. The number of hydrogen-bond donors (Lipinski definition) is 1. The summed E-state index contributed by atoms with van der Waals surface area (Å²) in [5.41, 5.74) is 0.676. The van der Waals surface area contributed by atoms with E-state index in [-0.39, 0.29) is 0 Å². The van der Waals surface area contributed by atoms with Gasteiger partial charge in [-0.05, 0) is 67.6 Å². The highest BCUT2D eigenvalue weighted by Crippen LogP contribution is 2.49. The smallest absolute Gasteiger partial charge is 0.159 e. The maximum absolute atomic E-state index is 13.1. The molecule has 104 valence electrons. The molecule has 2 aliphatic carbocycles. The summed E-state index contributed by atoms with van der Waals surface area (Å²) in [6.07, 6.45) is 6.05. The largest absolute Gasteiger partial charge is 0.393 e. The van der Waals surface area contributed by atoms with Crippen LogP contribution in [0.5, 0.6) is 0 Å². The highest BCUT2D eigenvalue weighted by Gasteiger charge is 2.39. The first-order valence-electron chi connectivity index (χ1n) is 7.24. The van der Waals surface area contributed by atoms with E-state index >= 15 is 0 Å².